The first kappa shape index (κ1) is 19.5. The zero-order chi connectivity index (χ0) is 21.5. The van der Waals surface area contributed by atoms with Crippen LogP contribution in [0.15, 0.2) is 41.2 Å². The third-order valence-corrected chi connectivity index (χ3v) is 5.77. The maximum atomic E-state index is 13.4. The van der Waals surface area contributed by atoms with E-state index in [0.29, 0.717) is 41.7 Å². The lowest BCUT2D eigenvalue weighted by atomic mass is 9.97. The van der Waals surface area contributed by atoms with E-state index in [9.17, 15) is 14.0 Å². The molecule has 1 amide bonds. The van der Waals surface area contributed by atoms with Gasteiger partial charge >= 0.3 is 0 Å². The number of halogens is 1. The normalized spacial score (nSPS) is 16.1. The highest BCUT2D eigenvalue weighted by molar-refractivity contribution is 5.98. The van der Waals surface area contributed by atoms with Crippen LogP contribution in [-0.4, -0.2) is 38.7 Å². The monoisotopic (exact) mass is 423 g/mol. The van der Waals surface area contributed by atoms with Crippen molar-refractivity contribution in [3.8, 4) is 0 Å². The van der Waals surface area contributed by atoms with E-state index in [1.807, 2.05) is 6.07 Å². The Balaban J connectivity index is 1.38. The van der Waals surface area contributed by atoms with E-state index < -0.39 is 6.04 Å². The molecule has 8 nitrogen and oxygen atoms in total. The summed E-state index contributed by atoms with van der Waals surface area (Å²) in [4.78, 5) is 32.8. The summed E-state index contributed by atoms with van der Waals surface area (Å²) in [5.41, 5.74) is 2.58. The molecule has 0 radical (unpaired) electrons. The molecule has 1 saturated heterocycles. The first-order valence-corrected chi connectivity index (χ1v) is 10.3. The molecule has 1 aromatic carbocycles. The molecule has 0 bridgehead atoms. The van der Waals surface area contributed by atoms with Gasteiger partial charge in [0, 0.05) is 47.9 Å². The number of rotatable bonds is 4. The minimum Gasteiger partial charge on any atom is -0.381 e. The number of ether oxygens (including phenoxy) is 1. The Labute approximate surface area is 176 Å². The van der Waals surface area contributed by atoms with E-state index in [1.165, 1.54) is 22.7 Å². The van der Waals surface area contributed by atoms with E-state index in [-0.39, 0.29) is 17.3 Å². The van der Waals surface area contributed by atoms with Gasteiger partial charge < -0.3 is 15.0 Å². The molecule has 0 saturated carbocycles. The molecule has 3 aromatic heterocycles. The van der Waals surface area contributed by atoms with Crippen molar-refractivity contribution in [2.75, 3.05) is 13.2 Å². The topological polar surface area (TPSA) is 104 Å². The number of amides is 1. The van der Waals surface area contributed by atoms with Gasteiger partial charge in [-0.1, -0.05) is 0 Å². The summed E-state index contributed by atoms with van der Waals surface area (Å²) in [5, 5.41) is 6.74. The van der Waals surface area contributed by atoms with E-state index in [4.69, 9.17) is 4.74 Å². The molecule has 9 heteroatoms. The fraction of sp³-hybridized carbons (Fsp3) is 0.318. The summed E-state index contributed by atoms with van der Waals surface area (Å²) in [5.74, 6) is -0.426. The van der Waals surface area contributed by atoms with Crippen molar-refractivity contribution in [2.24, 2.45) is 0 Å². The Kier molecular flexibility index (Phi) is 4.82. The van der Waals surface area contributed by atoms with E-state index in [0.717, 1.165) is 23.9 Å². The number of aromatic amines is 2. The number of carbonyl (C=O) groups is 1. The molecule has 4 heterocycles. The number of nitrogens with zero attached hydrogens (tertiary/aromatic N) is 2. The summed E-state index contributed by atoms with van der Waals surface area (Å²) in [7, 11) is 0. The molecule has 0 aliphatic carbocycles. The standard InChI is InChI=1S/C22H22FN5O3/c1-12(24-22(30)19-8-14-2-3-15(23)9-17(14)25-19)16-11-21(29)28-20(26-16)10-18(27-28)13-4-6-31-7-5-13/h2-3,8-13,25,27H,4-7H2,1H3,(H,24,30)/t12-/m1/s1. The highest BCUT2D eigenvalue weighted by Gasteiger charge is 2.20. The SMILES string of the molecule is C[C@@H](NC(=O)c1cc2ccc(F)cc2[nH]1)c1cc(=O)n2[nH]c(C3CCOCC3)cc2n1. The predicted molar refractivity (Wildman–Crippen MR) is 113 cm³/mol. The number of nitrogens with one attached hydrogen (secondary N) is 3. The second-order valence-corrected chi connectivity index (χ2v) is 7.92. The van der Waals surface area contributed by atoms with Crippen LogP contribution in [0.1, 0.15) is 53.6 Å². The Morgan fingerprint density at radius 2 is 2.06 bits per heavy atom. The third-order valence-electron chi connectivity index (χ3n) is 5.77. The van der Waals surface area contributed by atoms with Gasteiger partial charge in [0.1, 0.15) is 11.5 Å². The average Bonchev–Trinajstić information content (AvgIpc) is 3.38. The van der Waals surface area contributed by atoms with Gasteiger partial charge in [0.2, 0.25) is 0 Å². The number of hydrogen-bond donors (Lipinski definition) is 3. The highest BCUT2D eigenvalue weighted by Crippen LogP contribution is 2.26. The maximum absolute atomic E-state index is 13.4. The summed E-state index contributed by atoms with van der Waals surface area (Å²) < 4.78 is 20.2. The molecular weight excluding hydrogens is 401 g/mol. The smallest absolute Gasteiger partial charge is 0.272 e. The van der Waals surface area contributed by atoms with Crippen LogP contribution in [-0.2, 0) is 4.74 Å². The Bertz CT molecular complexity index is 1330. The predicted octanol–water partition coefficient (Wildman–Crippen LogP) is 3.03. The van der Waals surface area contributed by atoms with Crippen molar-refractivity contribution >= 4 is 22.5 Å². The number of benzene rings is 1. The molecule has 160 valence electrons. The molecule has 4 aromatic rings. The van der Waals surface area contributed by atoms with Crippen LogP contribution in [0, 0.1) is 5.82 Å². The highest BCUT2D eigenvalue weighted by atomic mass is 19.1. The molecule has 1 aliphatic rings. The van der Waals surface area contributed by atoms with Crippen molar-refractivity contribution < 1.29 is 13.9 Å². The van der Waals surface area contributed by atoms with Crippen LogP contribution in [0.4, 0.5) is 4.39 Å². The largest absolute Gasteiger partial charge is 0.381 e. The van der Waals surface area contributed by atoms with Crippen LogP contribution in [0.3, 0.4) is 0 Å². The lowest BCUT2D eigenvalue weighted by Crippen LogP contribution is -2.29. The van der Waals surface area contributed by atoms with E-state index in [2.05, 4.69) is 20.4 Å². The van der Waals surface area contributed by atoms with Gasteiger partial charge in [-0.05, 0) is 44.0 Å². The van der Waals surface area contributed by atoms with Crippen molar-refractivity contribution in [3.05, 3.63) is 69.7 Å². The second kappa shape index (κ2) is 7.66. The fourth-order valence-electron chi connectivity index (χ4n) is 4.04. The number of H-pyrrole nitrogens is 2. The van der Waals surface area contributed by atoms with Gasteiger partial charge in [-0.15, -0.1) is 0 Å². The van der Waals surface area contributed by atoms with Gasteiger partial charge in [0.15, 0.2) is 5.65 Å². The molecule has 1 aliphatic heterocycles. The molecule has 1 fully saturated rings. The summed E-state index contributed by atoms with van der Waals surface area (Å²) >= 11 is 0. The Morgan fingerprint density at radius 3 is 2.87 bits per heavy atom. The summed E-state index contributed by atoms with van der Waals surface area (Å²) in [6.45, 7) is 3.18. The number of fused-ring (bicyclic) bond motifs is 2. The molecule has 31 heavy (non-hydrogen) atoms. The van der Waals surface area contributed by atoms with Crippen LogP contribution < -0.4 is 10.9 Å². The van der Waals surface area contributed by atoms with Gasteiger partial charge in [-0.3, -0.25) is 14.7 Å². The van der Waals surface area contributed by atoms with Crippen LogP contribution in [0.2, 0.25) is 0 Å². The number of carbonyl (C=O) groups excluding carboxylic acids is 1. The molecule has 3 N–H and O–H groups in total. The van der Waals surface area contributed by atoms with Crippen molar-refractivity contribution in [2.45, 2.75) is 31.7 Å². The maximum Gasteiger partial charge on any atom is 0.272 e. The summed E-state index contributed by atoms with van der Waals surface area (Å²) in [6, 6.07) is 8.78. The first-order chi connectivity index (χ1) is 15.0. The Morgan fingerprint density at radius 1 is 1.26 bits per heavy atom. The quantitative estimate of drug-likeness (QED) is 0.469. The molecule has 5 rings (SSSR count). The van der Waals surface area contributed by atoms with Crippen LogP contribution >= 0.6 is 0 Å². The zero-order valence-corrected chi connectivity index (χ0v) is 16.9. The fourth-order valence-corrected chi connectivity index (χ4v) is 4.04. The molecule has 0 unspecified atom stereocenters. The minimum absolute atomic E-state index is 0.236. The lowest BCUT2D eigenvalue weighted by Gasteiger charge is -2.20. The van der Waals surface area contributed by atoms with Gasteiger partial charge in [-0.25, -0.2) is 13.9 Å². The summed E-state index contributed by atoms with van der Waals surface area (Å²) in [6.07, 6.45) is 1.80. The third kappa shape index (κ3) is 3.72. The zero-order valence-electron chi connectivity index (χ0n) is 16.9. The first-order valence-electron chi connectivity index (χ1n) is 10.3. The van der Waals surface area contributed by atoms with Crippen molar-refractivity contribution in [1.82, 2.24) is 24.9 Å². The molecule has 0 spiro atoms. The van der Waals surface area contributed by atoms with Crippen LogP contribution in [0.25, 0.3) is 16.6 Å². The van der Waals surface area contributed by atoms with E-state index in [1.54, 1.807) is 19.1 Å². The number of aromatic nitrogens is 4. The van der Waals surface area contributed by atoms with Gasteiger partial charge in [-0.2, -0.15) is 0 Å². The van der Waals surface area contributed by atoms with Gasteiger partial charge in [0.05, 0.1) is 11.7 Å². The average molecular weight is 423 g/mol. The molecule has 1 atom stereocenters. The van der Waals surface area contributed by atoms with Crippen LogP contribution in [0.5, 0.6) is 0 Å². The number of hydrogen-bond acceptors (Lipinski definition) is 4. The second-order valence-electron chi connectivity index (χ2n) is 7.92. The molecular formula is C22H22FN5O3. The minimum atomic E-state index is -0.491. The van der Waals surface area contributed by atoms with Crippen molar-refractivity contribution in [1.29, 1.82) is 0 Å². The van der Waals surface area contributed by atoms with E-state index >= 15 is 0 Å². The van der Waals surface area contributed by atoms with Gasteiger partial charge in [0.25, 0.3) is 11.5 Å². The lowest BCUT2D eigenvalue weighted by molar-refractivity contribution is 0.0844. The Hall–Kier alpha value is -3.46. The van der Waals surface area contributed by atoms with Crippen molar-refractivity contribution in [3.63, 3.8) is 0 Å².